The molecule has 0 radical (unpaired) electrons. The van der Waals surface area contributed by atoms with Crippen molar-refractivity contribution in [3.8, 4) is 5.75 Å². The van der Waals surface area contributed by atoms with Crippen molar-refractivity contribution in [2.24, 2.45) is 23.7 Å². The Morgan fingerprint density at radius 1 is 1.22 bits per heavy atom. The largest absolute Gasteiger partial charge is 0.508 e. The molecule has 0 bridgehead atoms. The number of phenolic OH excluding ortho intramolecular Hbond substituents is 1. The number of unbranched alkanes of at least 4 members (excludes halogenated alkanes) is 2. The molecule has 2 aliphatic heterocycles. The summed E-state index contributed by atoms with van der Waals surface area (Å²) in [6.45, 7) is 2.10. The number of aliphatic hydroxyl groups is 1. The fourth-order valence-corrected chi connectivity index (χ4v) is 6.01. The van der Waals surface area contributed by atoms with Gasteiger partial charge in [0.1, 0.15) is 5.75 Å². The molecule has 1 saturated carbocycles. The van der Waals surface area contributed by atoms with E-state index in [2.05, 4.69) is 15.9 Å². The molecular formula is C23H28BrNO7. The molecule has 3 fully saturated rings. The highest BCUT2D eigenvalue weighted by Crippen LogP contribution is 2.58. The summed E-state index contributed by atoms with van der Waals surface area (Å²) < 4.78 is 6.85. The molecule has 3 aliphatic rings. The van der Waals surface area contributed by atoms with E-state index in [4.69, 9.17) is 9.84 Å². The lowest BCUT2D eigenvalue weighted by Crippen LogP contribution is -2.52. The Kier molecular flexibility index (Phi) is 6.35. The molecule has 1 aromatic carbocycles. The predicted octanol–water partition coefficient (Wildman–Crippen LogP) is 3.21. The van der Waals surface area contributed by atoms with Crippen molar-refractivity contribution in [3.05, 3.63) is 28.2 Å². The summed E-state index contributed by atoms with van der Waals surface area (Å²) in [5.74, 6) is -4.87. The molecule has 4 rings (SSSR count). The van der Waals surface area contributed by atoms with E-state index in [-0.39, 0.29) is 36.4 Å². The van der Waals surface area contributed by atoms with Crippen LogP contribution in [-0.2, 0) is 19.1 Å². The minimum absolute atomic E-state index is 0.0569. The van der Waals surface area contributed by atoms with Crippen molar-refractivity contribution in [3.63, 3.8) is 0 Å². The van der Waals surface area contributed by atoms with Gasteiger partial charge in [0.25, 0.3) is 0 Å². The van der Waals surface area contributed by atoms with E-state index in [0.717, 1.165) is 4.47 Å². The number of nitrogens with zero attached hydrogens (tertiary/aromatic N) is 1. The molecule has 8 nitrogen and oxygen atoms in total. The Labute approximate surface area is 194 Å². The lowest BCUT2D eigenvalue weighted by Gasteiger charge is -2.43. The fourth-order valence-electron chi connectivity index (χ4n) is 5.63. The summed E-state index contributed by atoms with van der Waals surface area (Å²) in [7, 11) is 0. The summed E-state index contributed by atoms with van der Waals surface area (Å²) in [5, 5.41) is 30.5. The highest BCUT2D eigenvalue weighted by Gasteiger charge is 2.65. The number of benzene rings is 1. The van der Waals surface area contributed by atoms with Gasteiger partial charge in [-0.15, -0.1) is 0 Å². The zero-order valence-corrected chi connectivity index (χ0v) is 19.5. The third-order valence-corrected chi connectivity index (χ3v) is 7.75. The molecule has 2 heterocycles. The Morgan fingerprint density at radius 3 is 2.69 bits per heavy atom. The average molecular weight is 510 g/mol. The van der Waals surface area contributed by atoms with Crippen LogP contribution in [0, 0.1) is 23.7 Å². The first-order valence-electron chi connectivity index (χ1n) is 11.1. The van der Waals surface area contributed by atoms with Gasteiger partial charge in [0.2, 0.25) is 11.8 Å². The summed E-state index contributed by atoms with van der Waals surface area (Å²) >= 11 is 3.39. The van der Waals surface area contributed by atoms with Crippen molar-refractivity contribution in [2.45, 2.75) is 57.3 Å². The second-order valence-corrected chi connectivity index (χ2v) is 10.1. The number of imide groups is 1. The van der Waals surface area contributed by atoms with Crippen molar-refractivity contribution >= 4 is 33.7 Å². The summed E-state index contributed by atoms with van der Waals surface area (Å²) in [5.41, 5.74) is 0.540. The number of amides is 2. The Balaban J connectivity index is 1.52. The number of aliphatic carboxylic acids is 1. The first kappa shape index (κ1) is 23.2. The number of hydrogen-bond acceptors (Lipinski definition) is 6. The highest BCUT2D eigenvalue weighted by atomic mass is 79.9. The number of carbonyl (C=O) groups is 3. The lowest BCUT2D eigenvalue weighted by molar-refractivity contribution is -0.265. The summed E-state index contributed by atoms with van der Waals surface area (Å²) in [4.78, 5) is 38.3. The predicted molar refractivity (Wildman–Crippen MR) is 116 cm³/mol. The highest BCUT2D eigenvalue weighted by molar-refractivity contribution is 9.10. The number of hydrogen-bond donors (Lipinski definition) is 3. The molecule has 1 aromatic rings. The number of phenols is 1. The van der Waals surface area contributed by atoms with E-state index in [0.29, 0.717) is 37.7 Å². The number of fused-ring (bicyclic) bond motifs is 3. The number of carboxylic acids is 1. The van der Waals surface area contributed by atoms with Crippen LogP contribution in [0.5, 0.6) is 5.75 Å². The quantitative estimate of drug-likeness (QED) is 0.380. The summed E-state index contributed by atoms with van der Waals surface area (Å²) in [6.07, 6.45) is 1.85. The Bertz CT molecular complexity index is 937. The van der Waals surface area contributed by atoms with Crippen LogP contribution in [-0.4, -0.2) is 50.3 Å². The normalized spacial score (nSPS) is 34.0. The van der Waals surface area contributed by atoms with Gasteiger partial charge < -0.3 is 20.1 Å². The standard InChI is InChI=1S/C23H28BrNO7/c1-12-9-15-20(22(30)25(21(15)29)8-4-2-3-5-19(27)28)16-11-18(32-23(12,16)31)14-10-13(24)6-7-17(14)26/h6-7,10,12,15-16,18,20,26,31H,2-5,8-9,11H2,1H3,(H,27,28)/t12-,15-,16-,18-,20-,23+/m0/s1. The minimum atomic E-state index is -1.55. The van der Waals surface area contributed by atoms with Gasteiger partial charge in [-0.25, -0.2) is 0 Å². The van der Waals surface area contributed by atoms with Crippen molar-refractivity contribution in [2.75, 3.05) is 6.54 Å². The smallest absolute Gasteiger partial charge is 0.303 e. The maximum absolute atomic E-state index is 13.3. The second-order valence-electron chi connectivity index (χ2n) is 9.21. The SMILES string of the molecule is C[C@H]1C[C@@H]2C(=O)N(CCCCCC(=O)O)C(=O)[C@@H]2[C@@H]2C[C@@H](c3cc(Br)ccc3O)O[C@]12O. The van der Waals surface area contributed by atoms with Gasteiger partial charge in [-0.05, 0) is 43.9 Å². The lowest BCUT2D eigenvalue weighted by atomic mass is 9.65. The topological polar surface area (TPSA) is 124 Å². The van der Waals surface area contributed by atoms with Crippen LogP contribution in [0.25, 0.3) is 0 Å². The van der Waals surface area contributed by atoms with Gasteiger partial charge in [0.15, 0.2) is 5.79 Å². The van der Waals surface area contributed by atoms with Crippen LogP contribution in [0.2, 0.25) is 0 Å². The maximum atomic E-state index is 13.3. The number of aromatic hydroxyl groups is 1. The molecule has 174 valence electrons. The molecule has 0 spiro atoms. The van der Waals surface area contributed by atoms with E-state index in [1.54, 1.807) is 18.2 Å². The van der Waals surface area contributed by atoms with Crippen LogP contribution in [0.4, 0.5) is 0 Å². The van der Waals surface area contributed by atoms with Gasteiger partial charge in [0.05, 0.1) is 17.9 Å². The molecule has 2 amide bonds. The zero-order chi connectivity index (χ0) is 23.2. The molecule has 0 aromatic heterocycles. The number of likely N-dealkylation sites (tertiary alicyclic amines) is 1. The number of halogens is 1. The molecule has 2 saturated heterocycles. The average Bonchev–Trinajstić information content (AvgIpc) is 3.20. The zero-order valence-electron chi connectivity index (χ0n) is 17.9. The molecule has 6 atom stereocenters. The molecular weight excluding hydrogens is 482 g/mol. The first-order chi connectivity index (χ1) is 15.1. The minimum Gasteiger partial charge on any atom is -0.508 e. The van der Waals surface area contributed by atoms with Crippen LogP contribution < -0.4 is 0 Å². The van der Waals surface area contributed by atoms with E-state index in [9.17, 15) is 24.6 Å². The molecule has 1 aliphatic carbocycles. The van der Waals surface area contributed by atoms with E-state index in [1.807, 2.05) is 6.92 Å². The Hall–Kier alpha value is -1.97. The van der Waals surface area contributed by atoms with Gasteiger partial charge in [-0.1, -0.05) is 29.3 Å². The Morgan fingerprint density at radius 2 is 1.97 bits per heavy atom. The number of carboxylic acid groups (broad SMARTS) is 1. The van der Waals surface area contributed by atoms with Crippen LogP contribution in [0.1, 0.15) is 57.1 Å². The third-order valence-electron chi connectivity index (χ3n) is 7.25. The molecule has 3 N–H and O–H groups in total. The van der Waals surface area contributed by atoms with Crippen molar-refractivity contribution in [1.82, 2.24) is 4.90 Å². The van der Waals surface area contributed by atoms with E-state index >= 15 is 0 Å². The number of carbonyl (C=O) groups excluding carboxylic acids is 2. The van der Waals surface area contributed by atoms with Gasteiger partial charge in [-0.3, -0.25) is 19.3 Å². The maximum Gasteiger partial charge on any atom is 0.303 e. The molecule has 32 heavy (non-hydrogen) atoms. The van der Waals surface area contributed by atoms with Crippen molar-refractivity contribution < 1.29 is 34.4 Å². The summed E-state index contributed by atoms with van der Waals surface area (Å²) in [6, 6.07) is 5.01. The van der Waals surface area contributed by atoms with Crippen LogP contribution in [0.3, 0.4) is 0 Å². The van der Waals surface area contributed by atoms with Gasteiger partial charge in [0, 0.05) is 34.8 Å². The monoisotopic (exact) mass is 509 g/mol. The van der Waals surface area contributed by atoms with Crippen LogP contribution >= 0.6 is 15.9 Å². The molecule has 9 heteroatoms. The fraction of sp³-hybridized carbons (Fsp3) is 0.609. The van der Waals surface area contributed by atoms with E-state index < -0.39 is 35.6 Å². The third kappa shape index (κ3) is 3.95. The number of rotatable bonds is 7. The first-order valence-corrected chi connectivity index (χ1v) is 11.9. The second kappa shape index (κ2) is 8.76. The van der Waals surface area contributed by atoms with Crippen LogP contribution in [0.15, 0.2) is 22.7 Å². The van der Waals surface area contributed by atoms with E-state index in [1.165, 1.54) is 4.90 Å². The van der Waals surface area contributed by atoms with Crippen molar-refractivity contribution in [1.29, 1.82) is 0 Å². The molecule has 0 unspecified atom stereocenters. The number of ether oxygens (including phenoxy) is 1. The van der Waals surface area contributed by atoms with Gasteiger partial charge >= 0.3 is 5.97 Å². The van der Waals surface area contributed by atoms with Gasteiger partial charge in [-0.2, -0.15) is 0 Å².